The van der Waals surface area contributed by atoms with Crippen LogP contribution in [0.5, 0.6) is 0 Å². The van der Waals surface area contributed by atoms with E-state index in [1.54, 1.807) is 0 Å². The topological polar surface area (TPSA) is 0 Å². The zero-order chi connectivity index (χ0) is 12.0. The van der Waals surface area contributed by atoms with Gasteiger partial charge in [-0.15, -0.1) is 0 Å². The molecular weight excluding hydrogens is 168 g/mol. The summed E-state index contributed by atoms with van der Waals surface area (Å²) in [4.78, 5) is 0. The van der Waals surface area contributed by atoms with Crippen molar-refractivity contribution in [1.29, 1.82) is 0 Å². The molecule has 0 atom stereocenters. The predicted octanol–water partition coefficient (Wildman–Crippen LogP) is 6.06. The first kappa shape index (κ1) is 19.6. The zero-order valence-corrected chi connectivity index (χ0v) is 12.0. The van der Waals surface area contributed by atoms with E-state index < -0.39 is 0 Å². The molecule has 0 aromatic carbocycles. The molecule has 0 rings (SSSR count). The molecule has 0 heteroatoms. The Labute approximate surface area is 93.5 Å². The third-order valence-electron chi connectivity index (χ3n) is 2.13. The van der Waals surface area contributed by atoms with Crippen molar-refractivity contribution in [2.45, 2.75) is 87.5 Å². The highest BCUT2D eigenvalue weighted by atomic mass is 14.2. The molecule has 90 valence electrons. The highest BCUT2D eigenvalue weighted by Gasteiger charge is 2.14. The summed E-state index contributed by atoms with van der Waals surface area (Å²) < 4.78 is 0. The molecule has 0 aromatic heterocycles. The van der Waals surface area contributed by atoms with E-state index in [-0.39, 0.29) is 0 Å². The van der Waals surface area contributed by atoms with Gasteiger partial charge in [-0.3, -0.25) is 0 Å². The molecule has 0 saturated carbocycles. The molecule has 0 unspecified atom stereocenters. The van der Waals surface area contributed by atoms with Crippen LogP contribution in [-0.4, -0.2) is 0 Å². The molecule has 0 nitrogen and oxygen atoms in total. The number of rotatable bonds is 5. The summed E-state index contributed by atoms with van der Waals surface area (Å²) in [6.45, 7) is 17.3. The average molecular weight is 202 g/mol. The van der Waals surface area contributed by atoms with E-state index in [1.165, 1.54) is 32.1 Å². The van der Waals surface area contributed by atoms with Gasteiger partial charge in [-0.2, -0.15) is 0 Å². The van der Waals surface area contributed by atoms with Crippen molar-refractivity contribution in [2.75, 3.05) is 0 Å². The first-order chi connectivity index (χ1) is 6.62. The van der Waals surface area contributed by atoms with Gasteiger partial charge in [0.2, 0.25) is 0 Å². The lowest BCUT2D eigenvalue weighted by Gasteiger charge is -2.23. The molecule has 0 aliphatic heterocycles. The van der Waals surface area contributed by atoms with Crippen molar-refractivity contribution >= 4 is 0 Å². The standard InChI is InChI=1S/C10H22.2C2H6/c1-5-7-9-10(3,4)8-6-2;2*1-2/h5-9H2,1-4H3;2*1-2H3. The van der Waals surface area contributed by atoms with Crippen molar-refractivity contribution in [3.63, 3.8) is 0 Å². The van der Waals surface area contributed by atoms with E-state index in [0.717, 1.165) is 0 Å². The Balaban J connectivity index is -0.000000266. The molecule has 0 aliphatic rings. The Morgan fingerprint density at radius 3 is 1.43 bits per heavy atom. The minimum atomic E-state index is 0.602. The molecule has 14 heavy (non-hydrogen) atoms. The van der Waals surface area contributed by atoms with Crippen molar-refractivity contribution in [3.8, 4) is 0 Å². The molecule has 0 fully saturated rings. The van der Waals surface area contributed by atoms with Gasteiger partial charge in [0.1, 0.15) is 0 Å². The molecule has 0 radical (unpaired) electrons. The summed E-state index contributed by atoms with van der Waals surface area (Å²) >= 11 is 0. The van der Waals surface area contributed by atoms with Gasteiger partial charge in [-0.25, -0.2) is 0 Å². The quantitative estimate of drug-likeness (QED) is 0.508. The zero-order valence-electron chi connectivity index (χ0n) is 12.0. The summed E-state index contributed by atoms with van der Waals surface area (Å²) in [5.74, 6) is 0. The van der Waals surface area contributed by atoms with Crippen LogP contribution in [0.1, 0.15) is 87.5 Å². The van der Waals surface area contributed by atoms with Crippen LogP contribution < -0.4 is 0 Å². The van der Waals surface area contributed by atoms with Crippen LogP contribution in [0.4, 0.5) is 0 Å². The summed E-state index contributed by atoms with van der Waals surface area (Å²) in [7, 11) is 0. The fourth-order valence-corrected chi connectivity index (χ4v) is 1.46. The number of hydrogen-bond donors (Lipinski definition) is 0. The summed E-state index contributed by atoms with van der Waals surface area (Å²) in [5.41, 5.74) is 0.602. The third kappa shape index (κ3) is 17.9. The molecule has 0 bridgehead atoms. The molecule has 0 aliphatic carbocycles. The Morgan fingerprint density at radius 1 is 0.714 bits per heavy atom. The Hall–Kier alpha value is 0. The molecule has 0 heterocycles. The van der Waals surface area contributed by atoms with Gasteiger partial charge in [0.05, 0.1) is 0 Å². The maximum atomic E-state index is 2.38. The molecule has 0 saturated heterocycles. The Kier molecular flexibility index (Phi) is 21.6. The van der Waals surface area contributed by atoms with E-state index in [0.29, 0.717) is 5.41 Å². The van der Waals surface area contributed by atoms with Crippen LogP contribution in [0.15, 0.2) is 0 Å². The SMILES string of the molecule is CC.CC.CCCCC(C)(C)CCC. The van der Waals surface area contributed by atoms with Crippen LogP contribution >= 0.6 is 0 Å². The lowest BCUT2D eigenvalue weighted by molar-refractivity contribution is 0.295. The monoisotopic (exact) mass is 202 g/mol. The second-order valence-electron chi connectivity index (χ2n) is 4.02. The number of unbranched alkanes of at least 4 members (excludes halogenated alkanes) is 1. The second-order valence-corrected chi connectivity index (χ2v) is 4.02. The average Bonchev–Trinajstić information content (AvgIpc) is 2.21. The molecule has 0 aromatic rings. The lowest BCUT2D eigenvalue weighted by atomic mass is 9.83. The largest absolute Gasteiger partial charge is 0.0683 e. The van der Waals surface area contributed by atoms with Gasteiger partial charge in [0, 0.05) is 0 Å². The maximum absolute atomic E-state index is 2.38. The highest BCUT2D eigenvalue weighted by molar-refractivity contribution is 4.66. The van der Waals surface area contributed by atoms with Crippen LogP contribution in [0, 0.1) is 5.41 Å². The Bertz CT molecular complexity index is 72.1. The van der Waals surface area contributed by atoms with Crippen molar-refractivity contribution in [3.05, 3.63) is 0 Å². The lowest BCUT2D eigenvalue weighted by Crippen LogP contribution is -2.09. The van der Waals surface area contributed by atoms with Crippen molar-refractivity contribution in [1.82, 2.24) is 0 Å². The molecule has 0 spiro atoms. The fraction of sp³-hybridized carbons (Fsp3) is 1.00. The van der Waals surface area contributed by atoms with E-state index in [1.807, 2.05) is 27.7 Å². The Morgan fingerprint density at radius 2 is 1.14 bits per heavy atom. The van der Waals surface area contributed by atoms with E-state index in [4.69, 9.17) is 0 Å². The van der Waals surface area contributed by atoms with E-state index in [9.17, 15) is 0 Å². The van der Waals surface area contributed by atoms with E-state index in [2.05, 4.69) is 27.7 Å². The summed E-state index contributed by atoms with van der Waals surface area (Å²) in [6, 6.07) is 0. The third-order valence-corrected chi connectivity index (χ3v) is 2.13. The van der Waals surface area contributed by atoms with Crippen LogP contribution in [0.25, 0.3) is 0 Å². The van der Waals surface area contributed by atoms with Crippen LogP contribution in [0.2, 0.25) is 0 Å². The molecular formula is C14H34. The predicted molar refractivity (Wildman–Crippen MR) is 70.9 cm³/mol. The summed E-state index contributed by atoms with van der Waals surface area (Å²) in [5, 5.41) is 0. The minimum absolute atomic E-state index is 0.602. The smallest absolute Gasteiger partial charge is 0.0354 e. The van der Waals surface area contributed by atoms with Gasteiger partial charge in [-0.1, -0.05) is 74.7 Å². The first-order valence-corrected chi connectivity index (χ1v) is 6.62. The van der Waals surface area contributed by atoms with Crippen LogP contribution in [-0.2, 0) is 0 Å². The maximum Gasteiger partial charge on any atom is -0.0354 e. The van der Waals surface area contributed by atoms with Gasteiger partial charge in [0.15, 0.2) is 0 Å². The normalized spacial score (nSPS) is 9.43. The van der Waals surface area contributed by atoms with Gasteiger partial charge >= 0.3 is 0 Å². The minimum Gasteiger partial charge on any atom is -0.0683 e. The van der Waals surface area contributed by atoms with Crippen LogP contribution in [0.3, 0.4) is 0 Å². The van der Waals surface area contributed by atoms with Gasteiger partial charge in [0.25, 0.3) is 0 Å². The first-order valence-electron chi connectivity index (χ1n) is 6.62. The van der Waals surface area contributed by atoms with Crippen molar-refractivity contribution in [2.24, 2.45) is 5.41 Å². The summed E-state index contributed by atoms with van der Waals surface area (Å²) in [6.07, 6.45) is 6.85. The van der Waals surface area contributed by atoms with Gasteiger partial charge in [-0.05, 0) is 18.3 Å². The second kappa shape index (κ2) is 15.5. The van der Waals surface area contributed by atoms with E-state index >= 15 is 0 Å². The fourth-order valence-electron chi connectivity index (χ4n) is 1.46. The van der Waals surface area contributed by atoms with Crippen molar-refractivity contribution < 1.29 is 0 Å². The molecule has 0 amide bonds. The molecule has 0 N–H and O–H groups in total. The highest BCUT2D eigenvalue weighted by Crippen LogP contribution is 2.28. The number of hydrogen-bond acceptors (Lipinski definition) is 0. The van der Waals surface area contributed by atoms with Gasteiger partial charge < -0.3 is 0 Å².